The van der Waals surface area contributed by atoms with Crippen molar-refractivity contribution >= 4 is 44.2 Å². The van der Waals surface area contributed by atoms with Crippen molar-refractivity contribution in [2.45, 2.75) is 26.7 Å². The van der Waals surface area contributed by atoms with E-state index in [1.54, 1.807) is 11.3 Å². The Morgan fingerprint density at radius 1 is 1.32 bits per heavy atom. The van der Waals surface area contributed by atoms with E-state index in [9.17, 15) is 4.79 Å². The van der Waals surface area contributed by atoms with Crippen LogP contribution in [0.25, 0.3) is 10.2 Å². The third kappa shape index (κ3) is 4.43. The molecule has 1 aromatic heterocycles. The zero-order valence-corrected chi connectivity index (χ0v) is 16.4. The van der Waals surface area contributed by atoms with Crippen molar-refractivity contribution < 1.29 is 4.79 Å². The summed E-state index contributed by atoms with van der Waals surface area (Å²) in [5, 5.41) is 4.84. The van der Waals surface area contributed by atoms with Crippen molar-refractivity contribution in [2.24, 2.45) is 0 Å². The Morgan fingerprint density at radius 3 is 2.80 bits per heavy atom. The summed E-state index contributed by atoms with van der Waals surface area (Å²) in [4.78, 5) is 21.1. The van der Waals surface area contributed by atoms with E-state index in [1.165, 1.54) is 4.70 Å². The Kier molecular flexibility index (Phi) is 6.15. The lowest BCUT2D eigenvalue weighted by molar-refractivity contribution is -0.121. The Bertz CT molecular complexity index is 740. The molecule has 136 valence electrons. The van der Waals surface area contributed by atoms with Crippen molar-refractivity contribution in [2.75, 3.05) is 44.2 Å². The maximum atomic E-state index is 11.5. The van der Waals surface area contributed by atoms with Gasteiger partial charge < -0.3 is 10.2 Å². The van der Waals surface area contributed by atoms with Crippen molar-refractivity contribution in [1.29, 1.82) is 0 Å². The predicted octanol–water partition coefficient (Wildman–Crippen LogP) is 3.30. The number of aromatic nitrogens is 1. The van der Waals surface area contributed by atoms with E-state index in [0.29, 0.717) is 6.42 Å². The predicted molar refractivity (Wildman–Crippen MR) is 106 cm³/mol. The van der Waals surface area contributed by atoms with Crippen LogP contribution < -0.4 is 10.2 Å². The number of hydrogen-bond acceptors (Lipinski definition) is 5. The molecule has 2 heterocycles. The Labute approximate surface area is 158 Å². The fourth-order valence-corrected chi connectivity index (χ4v) is 4.29. The third-order valence-corrected chi connectivity index (χ3v) is 6.10. The van der Waals surface area contributed by atoms with Gasteiger partial charge in [0, 0.05) is 50.7 Å². The standard InChI is InChI=1S/C18H25ClN4OS/c1-3-4-16(24)20-7-8-22-9-11-23(12-10-22)18-21-17-13(2)14(19)5-6-15(17)25-18/h5-6H,3-4,7-12H2,1-2H3,(H,20,24). The molecule has 1 N–H and O–H groups in total. The van der Waals surface area contributed by atoms with E-state index in [2.05, 4.69) is 21.2 Å². The lowest BCUT2D eigenvalue weighted by Crippen LogP contribution is -2.48. The van der Waals surface area contributed by atoms with Gasteiger partial charge in [0.05, 0.1) is 10.2 Å². The topological polar surface area (TPSA) is 48.5 Å². The molecule has 1 saturated heterocycles. The van der Waals surface area contributed by atoms with Crippen LogP contribution in [-0.2, 0) is 4.79 Å². The molecule has 0 unspecified atom stereocenters. The quantitative estimate of drug-likeness (QED) is 0.835. The minimum Gasteiger partial charge on any atom is -0.355 e. The average Bonchev–Trinajstić information content (AvgIpc) is 3.04. The summed E-state index contributed by atoms with van der Waals surface area (Å²) in [7, 11) is 0. The van der Waals surface area contributed by atoms with E-state index in [1.807, 2.05) is 19.9 Å². The minimum atomic E-state index is 0.157. The van der Waals surface area contributed by atoms with E-state index in [4.69, 9.17) is 16.6 Å². The smallest absolute Gasteiger partial charge is 0.220 e. The highest BCUT2D eigenvalue weighted by Gasteiger charge is 2.20. The van der Waals surface area contributed by atoms with Crippen LogP contribution in [-0.4, -0.2) is 55.1 Å². The fraction of sp³-hybridized carbons (Fsp3) is 0.556. The van der Waals surface area contributed by atoms with Crippen molar-refractivity contribution in [1.82, 2.24) is 15.2 Å². The summed E-state index contributed by atoms with van der Waals surface area (Å²) < 4.78 is 1.19. The molecule has 3 rings (SSSR count). The van der Waals surface area contributed by atoms with Gasteiger partial charge in [-0.25, -0.2) is 4.98 Å². The molecule has 0 radical (unpaired) electrons. The number of aryl methyl sites for hydroxylation is 1. The second-order valence-electron chi connectivity index (χ2n) is 6.44. The largest absolute Gasteiger partial charge is 0.355 e. The number of amides is 1. The van der Waals surface area contributed by atoms with Gasteiger partial charge in [-0.2, -0.15) is 0 Å². The second-order valence-corrected chi connectivity index (χ2v) is 7.86. The molecule has 2 aromatic rings. The number of piperazine rings is 1. The van der Waals surface area contributed by atoms with Crippen LogP contribution >= 0.6 is 22.9 Å². The van der Waals surface area contributed by atoms with E-state index < -0.39 is 0 Å². The van der Waals surface area contributed by atoms with Crippen LogP contribution in [0.5, 0.6) is 0 Å². The molecular formula is C18H25ClN4OS. The van der Waals surface area contributed by atoms with Gasteiger partial charge in [0.1, 0.15) is 0 Å². The van der Waals surface area contributed by atoms with E-state index in [0.717, 1.165) is 66.9 Å². The van der Waals surface area contributed by atoms with Gasteiger partial charge in [-0.1, -0.05) is 29.9 Å². The van der Waals surface area contributed by atoms with Gasteiger partial charge in [-0.3, -0.25) is 9.69 Å². The number of thiazole rings is 1. The van der Waals surface area contributed by atoms with Crippen LogP contribution in [0, 0.1) is 6.92 Å². The second kappa shape index (κ2) is 8.34. The molecule has 0 aliphatic carbocycles. The number of rotatable bonds is 6. The minimum absolute atomic E-state index is 0.157. The molecule has 25 heavy (non-hydrogen) atoms. The summed E-state index contributed by atoms with van der Waals surface area (Å²) in [5.74, 6) is 0.157. The first-order chi connectivity index (χ1) is 12.1. The molecule has 0 saturated carbocycles. The summed E-state index contributed by atoms with van der Waals surface area (Å²) in [6.45, 7) is 9.63. The molecule has 0 spiro atoms. The van der Waals surface area contributed by atoms with Crippen LogP contribution in [0.4, 0.5) is 5.13 Å². The van der Waals surface area contributed by atoms with Crippen LogP contribution in [0.15, 0.2) is 12.1 Å². The monoisotopic (exact) mass is 380 g/mol. The molecule has 1 amide bonds. The zero-order chi connectivity index (χ0) is 17.8. The molecular weight excluding hydrogens is 356 g/mol. The number of fused-ring (bicyclic) bond motifs is 1. The molecule has 1 fully saturated rings. The average molecular weight is 381 g/mol. The Balaban J connectivity index is 1.52. The first-order valence-corrected chi connectivity index (χ1v) is 10.1. The normalized spacial score (nSPS) is 15.7. The van der Waals surface area contributed by atoms with Gasteiger partial charge in [-0.15, -0.1) is 0 Å². The maximum absolute atomic E-state index is 11.5. The molecule has 1 aliphatic heterocycles. The number of benzene rings is 1. The fourth-order valence-electron chi connectivity index (χ4n) is 3.06. The van der Waals surface area contributed by atoms with Gasteiger partial charge in [0.25, 0.3) is 0 Å². The summed E-state index contributed by atoms with van der Waals surface area (Å²) in [5.41, 5.74) is 2.08. The van der Waals surface area contributed by atoms with Gasteiger partial charge in [-0.05, 0) is 31.0 Å². The van der Waals surface area contributed by atoms with E-state index >= 15 is 0 Å². The number of anilines is 1. The summed E-state index contributed by atoms with van der Waals surface area (Å²) in [6, 6.07) is 4.01. The maximum Gasteiger partial charge on any atom is 0.220 e. The molecule has 1 aromatic carbocycles. The van der Waals surface area contributed by atoms with Gasteiger partial charge in [0.15, 0.2) is 5.13 Å². The van der Waals surface area contributed by atoms with Gasteiger partial charge in [0.2, 0.25) is 5.91 Å². The molecule has 7 heteroatoms. The van der Waals surface area contributed by atoms with Crippen LogP contribution in [0.3, 0.4) is 0 Å². The highest BCUT2D eigenvalue weighted by atomic mass is 35.5. The summed E-state index contributed by atoms with van der Waals surface area (Å²) >= 11 is 7.94. The number of carbonyl (C=O) groups is 1. The number of carbonyl (C=O) groups excluding carboxylic acids is 1. The van der Waals surface area contributed by atoms with Gasteiger partial charge >= 0.3 is 0 Å². The van der Waals surface area contributed by atoms with Crippen molar-refractivity contribution in [3.05, 3.63) is 22.7 Å². The number of nitrogens with zero attached hydrogens (tertiary/aromatic N) is 3. The molecule has 5 nitrogen and oxygen atoms in total. The molecule has 0 atom stereocenters. The number of nitrogens with one attached hydrogen (secondary N) is 1. The van der Waals surface area contributed by atoms with E-state index in [-0.39, 0.29) is 5.91 Å². The Morgan fingerprint density at radius 2 is 2.08 bits per heavy atom. The van der Waals surface area contributed by atoms with Crippen molar-refractivity contribution in [3.8, 4) is 0 Å². The highest BCUT2D eigenvalue weighted by molar-refractivity contribution is 7.22. The third-order valence-electron chi connectivity index (χ3n) is 4.61. The van der Waals surface area contributed by atoms with Crippen molar-refractivity contribution in [3.63, 3.8) is 0 Å². The first-order valence-electron chi connectivity index (χ1n) is 8.88. The highest BCUT2D eigenvalue weighted by Crippen LogP contribution is 2.33. The summed E-state index contributed by atoms with van der Waals surface area (Å²) in [6.07, 6.45) is 1.52. The number of halogens is 1. The lowest BCUT2D eigenvalue weighted by Gasteiger charge is -2.34. The van der Waals surface area contributed by atoms with Crippen LogP contribution in [0.1, 0.15) is 25.3 Å². The molecule has 1 aliphatic rings. The molecule has 0 bridgehead atoms. The Hall–Kier alpha value is -1.37. The van der Waals surface area contributed by atoms with Crippen LogP contribution in [0.2, 0.25) is 5.02 Å². The zero-order valence-electron chi connectivity index (χ0n) is 14.8. The first kappa shape index (κ1) is 18.4. The lowest BCUT2D eigenvalue weighted by atomic mass is 10.2. The SMILES string of the molecule is CCCC(=O)NCCN1CCN(c2nc3c(C)c(Cl)ccc3s2)CC1. The number of hydrogen-bond donors (Lipinski definition) is 1.